The number of carbonyl (C=O) groups excluding carboxylic acids is 2. The zero-order valence-corrected chi connectivity index (χ0v) is 34.9. The number of nitrogens with two attached hydrogens (primary N) is 1. The number of aromatic nitrogens is 1. The molecule has 0 spiro atoms. The van der Waals surface area contributed by atoms with E-state index in [1.54, 1.807) is 24.4 Å². The fraction of sp³-hybridized carbons (Fsp3) is 0.431. The summed E-state index contributed by atoms with van der Waals surface area (Å²) in [6, 6.07) is 24.9. The molecule has 0 radical (unpaired) electrons. The van der Waals surface area contributed by atoms with E-state index in [1.807, 2.05) is 12.1 Å². The van der Waals surface area contributed by atoms with Crippen LogP contribution in [0, 0.1) is 23.7 Å². The van der Waals surface area contributed by atoms with Gasteiger partial charge in [0.05, 0.1) is 6.42 Å². The molecule has 7 rings (SSSR count). The normalized spacial score (nSPS) is 21.1. The van der Waals surface area contributed by atoms with Gasteiger partial charge in [0, 0.05) is 25.2 Å². The van der Waals surface area contributed by atoms with Crippen molar-refractivity contribution in [2.45, 2.75) is 89.5 Å². The van der Waals surface area contributed by atoms with Crippen molar-refractivity contribution in [3.8, 4) is 11.5 Å². The molecule has 1 aromatic heterocycles. The highest BCUT2D eigenvalue weighted by atomic mass is 16.6. The summed E-state index contributed by atoms with van der Waals surface area (Å²) >= 11 is 0. The standard InChI is InChI=1S/C51H62N4O5/c52-50-30-39(19-18-37-12-7-11-36(25-37)17-16-35-9-3-1-4-10-35)42(33-55-50)27-41-28-48(59)49(60-34-56)29-38(41)20-21-45(58)31-44(57)14-5-2-6-15-47-46-22-24-53-32-43(46)26-40-13-8-23-54-51(40)47/h1,3-4,7-13,20-21,25,28-30,33,40,43,46-47,51,53-54,56,59H,2,5-6,14-19,22-24,26-27,31-32,34H2,(H2,52,55)/b21-20+/t40-,43+,46-,47-,51+/m0/s1. The molecular weight excluding hydrogens is 749 g/mol. The number of phenols is 1. The number of piperidine rings is 1. The van der Waals surface area contributed by atoms with E-state index in [9.17, 15) is 19.8 Å². The Morgan fingerprint density at radius 3 is 2.53 bits per heavy atom. The number of unbranched alkanes of at least 4 members (excludes halogenated alkanes) is 2. The molecule has 2 aliphatic heterocycles. The van der Waals surface area contributed by atoms with Gasteiger partial charge in [-0.25, -0.2) is 4.98 Å². The van der Waals surface area contributed by atoms with E-state index in [1.165, 1.54) is 42.0 Å². The number of carbonyl (C=O) groups is 2. The molecule has 0 amide bonds. The molecule has 6 N–H and O–H groups in total. The molecule has 3 aromatic carbocycles. The van der Waals surface area contributed by atoms with Gasteiger partial charge in [0.1, 0.15) is 11.6 Å². The Bertz CT molecular complexity index is 2120. The second-order valence-electron chi connectivity index (χ2n) is 17.1. The maximum absolute atomic E-state index is 13.1. The highest BCUT2D eigenvalue weighted by Gasteiger charge is 2.44. The van der Waals surface area contributed by atoms with Crippen molar-refractivity contribution in [1.82, 2.24) is 15.6 Å². The van der Waals surface area contributed by atoms with E-state index in [0.717, 1.165) is 93.1 Å². The highest BCUT2D eigenvalue weighted by Crippen LogP contribution is 2.45. The summed E-state index contributed by atoms with van der Waals surface area (Å²) in [6.07, 6.45) is 20.4. The van der Waals surface area contributed by atoms with E-state index in [0.29, 0.717) is 42.1 Å². The number of aliphatic hydroxyl groups excluding tert-OH is 1. The number of hydrogen-bond donors (Lipinski definition) is 5. The second-order valence-corrected chi connectivity index (χ2v) is 17.1. The predicted molar refractivity (Wildman–Crippen MR) is 239 cm³/mol. The van der Waals surface area contributed by atoms with Crippen LogP contribution >= 0.6 is 0 Å². The zero-order valence-electron chi connectivity index (χ0n) is 34.9. The lowest BCUT2D eigenvalue weighted by atomic mass is 9.61. The second kappa shape index (κ2) is 21.4. The number of fused-ring (bicyclic) bond motifs is 2. The van der Waals surface area contributed by atoms with E-state index in [2.05, 4.69) is 76.3 Å². The summed E-state index contributed by atoms with van der Waals surface area (Å²) in [5.74, 6) is 2.92. The van der Waals surface area contributed by atoms with Crippen LogP contribution in [-0.4, -0.2) is 59.2 Å². The number of benzene rings is 3. The molecule has 4 aromatic rings. The Kier molecular flexibility index (Phi) is 15.4. The Balaban J connectivity index is 0.937. The van der Waals surface area contributed by atoms with Gasteiger partial charge < -0.3 is 31.3 Å². The molecule has 0 bridgehead atoms. The van der Waals surface area contributed by atoms with E-state index in [-0.39, 0.29) is 29.5 Å². The molecule has 3 heterocycles. The van der Waals surface area contributed by atoms with Gasteiger partial charge in [-0.05, 0) is 158 Å². The van der Waals surface area contributed by atoms with Crippen molar-refractivity contribution >= 4 is 23.5 Å². The Labute approximate surface area is 355 Å². The van der Waals surface area contributed by atoms with Gasteiger partial charge in [0.2, 0.25) is 0 Å². The first-order valence-corrected chi connectivity index (χ1v) is 22.1. The van der Waals surface area contributed by atoms with Gasteiger partial charge in [-0.2, -0.15) is 0 Å². The molecule has 2 fully saturated rings. The average molecular weight is 811 g/mol. The van der Waals surface area contributed by atoms with Crippen molar-refractivity contribution in [3.05, 3.63) is 136 Å². The van der Waals surface area contributed by atoms with Gasteiger partial charge in [-0.1, -0.05) is 85.7 Å². The number of nitrogens with one attached hydrogen (secondary N) is 2. The number of hydrogen-bond acceptors (Lipinski definition) is 9. The fourth-order valence-corrected chi connectivity index (χ4v) is 10.0. The molecule has 1 saturated carbocycles. The van der Waals surface area contributed by atoms with Crippen LogP contribution in [0.1, 0.15) is 90.3 Å². The topological polar surface area (TPSA) is 147 Å². The first-order valence-electron chi connectivity index (χ1n) is 22.1. The summed E-state index contributed by atoms with van der Waals surface area (Å²) < 4.78 is 5.28. The molecule has 60 heavy (non-hydrogen) atoms. The number of allylic oxidation sites excluding steroid dienone is 1. The Hall–Kier alpha value is -5.09. The van der Waals surface area contributed by atoms with Crippen molar-refractivity contribution in [3.63, 3.8) is 0 Å². The zero-order chi connectivity index (χ0) is 41.7. The number of nitrogens with zero attached hydrogens (tertiary/aromatic N) is 1. The molecule has 9 heteroatoms. The summed E-state index contributed by atoms with van der Waals surface area (Å²) in [5, 5.41) is 27.7. The van der Waals surface area contributed by atoms with Crippen LogP contribution in [-0.2, 0) is 41.7 Å². The summed E-state index contributed by atoms with van der Waals surface area (Å²) in [6.45, 7) is 2.59. The summed E-state index contributed by atoms with van der Waals surface area (Å²) in [4.78, 5) is 30.5. The minimum Gasteiger partial charge on any atom is -0.504 e. The van der Waals surface area contributed by atoms with Crippen molar-refractivity contribution < 1.29 is 24.5 Å². The summed E-state index contributed by atoms with van der Waals surface area (Å²) in [7, 11) is 0. The van der Waals surface area contributed by atoms with Crippen molar-refractivity contribution in [1.29, 1.82) is 0 Å². The highest BCUT2D eigenvalue weighted by molar-refractivity contribution is 6.06. The Morgan fingerprint density at radius 1 is 0.900 bits per heavy atom. The van der Waals surface area contributed by atoms with Gasteiger partial charge in [0.15, 0.2) is 24.1 Å². The number of ether oxygens (including phenoxy) is 1. The molecule has 316 valence electrons. The van der Waals surface area contributed by atoms with Crippen LogP contribution in [0.4, 0.5) is 5.82 Å². The number of ketones is 2. The Morgan fingerprint density at radius 2 is 1.70 bits per heavy atom. The van der Waals surface area contributed by atoms with Gasteiger partial charge in [0.25, 0.3) is 0 Å². The number of rotatable bonds is 20. The first-order chi connectivity index (χ1) is 29.3. The lowest BCUT2D eigenvalue weighted by Crippen LogP contribution is -2.55. The molecule has 1 aliphatic carbocycles. The van der Waals surface area contributed by atoms with Crippen molar-refractivity contribution in [2.24, 2.45) is 23.7 Å². The van der Waals surface area contributed by atoms with Crippen LogP contribution in [0.25, 0.3) is 6.08 Å². The van der Waals surface area contributed by atoms with Crippen LogP contribution in [0.5, 0.6) is 11.5 Å². The maximum atomic E-state index is 13.1. The predicted octanol–water partition coefficient (Wildman–Crippen LogP) is 7.74. The van der Waals surface area contributed by atoms with Crippen LogP contribution < -0.4 is 21.1 Å². The number of pyridine rings is 1. The first kappa shape index (κ1) is 43.0. The minimum atomic E-state index is -0.614. The minimum absolute atomic E-state index is 0.0468. The van der Waals surface area contributed by atoms with Gasteiger partial charge >= 0.3 is 0 Å². The smallest absolute Gasteiger partial charge is 0.186 e. The quantitative estimate of drug-likeness (QED) is 0.0199. The molecule has 9 nitrogen and oxygen atoms in total. The van der Waals surface area contributed by atoms with Crippen LogP contribution in [0.15, 0.2) is 97.2 Å². The SMILES string of the molecule is Nc1cc(CCc2cccc(CCc3ccccc3)c2)c(Cc2cc(O)c(OCO)cc2/C=C/C(=O)CC(=O)CCCCC[C@H]2[C@H]3CCNC[C@H]3C[C@@H]3C=CCN[C@@H]23)cn1. The lowest BCUT2D eigenvalue weighted by molar-refractivity contribution is -0.124. The number of phenolic OH excluding ortho intramolecular Hbond substituents is 1. The number of aliphatic hydroxyl groups is 1. The van der Waals surface area contributed by atoms with Crippen LogP contribution in [0.3, 0.4) is 0 Å². The van der Waals surface area contributed by atoms with Gasteiger partial charge in [-0.15, -0.1) is 0 Å². The van der Waals surface area contributed by atoms with E-state index in [4.69, 9.17) is 10.5 Å². The fourth-order valence-electron chi connectivity index (χ4n) is 10.0. The third-order valence-corrected chi connectivity index (χ3v) is 13.0. The molecule has 3 aliphatic rings. The average Bonchev–Trinajstić information content (AvgIpc) is 3.26. The molecule has 5 atom stereocenters. The van der Waals surface area contributed by atoms with E-state index < -0.39 is 6.79 Å². The number of aryl methyl sites for hydroxylation is 4. The number of nitrogen functional groups attached to an aromatic ring is 1. The molecule has 0 unspecified atom stereocenters. The van der Waals surface area contributed by atoms with E-state index >= 15 is 0 Å². The summed E-state index contributed by atoms with van der Waals surface area (Å²) in [5.41, 5.74) is 13.4. The number of Topliss-reactive ketones (excluding diaryl/α,β-unsaturated/α-hetero) is 1. The monoisotopic (exact) mass is 810 g/mol. The van der Waals surface area contributed by atoms with Crippen molar-refractivity contribution in [2.75, 3.05) is 32.2 Å². The molecule has 1 saturated heterocycles. The lowest BCUT2D eigenvalue weighted by Gasteiger charge is -2.50. The molecular formula is C51H62N4O5. The number of aromatic hydroxyl groups is 1. The largest absolute Gasteiger partial charge is 0.504 e. The third kappa shape index (κ3) is 11.8. The maximum Gasteiger partial charge on any atom is 0.186 e. The van der Waals surface area contributed by atoms with Crippen LogP contribution in [0.2, 0.25) is 0 Å². The number of anilines is 1. The van der Waals surface area contributed by atoms with Gasteiger partial charge in [-0.3, -0.25) is 9.59 Å². The third-order valence-electron chi connectivity index (χ3n) is 13.0.